The molecule has 2 aliphatic heterocycles. The fourth-order valence-corrected chi connectivity index (χ4v) is 10.7. The summed E-state index contributed by atoms with van der Waals surface area (Å²) in [5, 5.41) is 27.1. The topological polar surface area (TPSA) is 345 Å². The van der Waals surface area contributed by atoms with Crippen LogP contribution in [0.5, 0.6) is 28.7 Å². The Morgan fingerprint density at radius 1 is 0.918 bits per heavy atom. The molecule has 1 fully saturated rings. The van der Waals surface area contributed by atoms with Crippen molar-refractivity contribution in [2.75, 3.05) is 69.7 Å². The molecular formula is C56H59ClN8O19S. The fourth-order valence-electron chi connectivity index (χ4n) is 9.73. The van der Waals surface area contributed by atoms with Crippen molar-refractivity contribution in [1.82, 2.24) is 14.3 Å². The second kappa shape index (κ2) is 27.3. The number of rotatable bonds is 25. The summed E-state index contributed by atoms with van der Waals surface area (Å²) in [6, 6.07) is 18.3. The van der Waals surface area contributed by atoms with Crippen molar-refractivity contribution in [2.24, 2.45) is 11.0 Å². The molecule has 6 aromatic rings. The normalized spacial score (nSPS) is 18.6. The number of aromatic nitrogens is 2. The summed E-state index contributed by atoms with van der Waals surface area (Å²) in [5.41, 5.74) is 10.1. The molecule has 4 aromatic carbocycles. The number of amides is 3. The molecule has 7 atom stereocenters. The molecule has 0 bridgehead atoms. The molecule has 3 amide bonds. The van der Waals surface area contributed by atoms with Gasteiger partial charge in [-0.3, -0.25) is 24.0 Å². The van der Waals surface area contributed by atoms with Crippen LogP contribution in [-0.4, -0.2) is 159 Å². The molecule has 27 nitrogen and oxygen atoms in total. The number of aliphatic hydroxyl groups excluding tert-OH is 1. The number of nitrogens with zero attached hydrogens (tertiary/aromatic N) is 7. The number of likely N-dealkylation sites (N-methyl/N-ethyl adjacent to an activating group) is 1. The number of alkyl halides is 1. The lowest BCUT2D eigenvalue weighted by molar-refractivity contribution is -0.302. The zero-order valence-electron chi connectivity index (χ0n) is 46.6. The average Bonchev–Trinajstić information content (AvgIpc) is 1.87. The Hall–Kier alpha value is -8.76. The Kier molecular flexibility index (Phi) is 20.0. The second-order valence-corrected chi connectivity index (χ2v) is 21.1. The summed E-state index contributed by atoms with van der Waals surface area (Å²) in [6.45, 7) is 4.39. The van der Waals surface area contributed by atoms with E-state index in [9.17, 15) is 47.4 Å². The number of carbonyl (C=O) groups excluding carboxylic acids is 6. The third-order valence-electron chi connectivity index (χ3n) is 13.5. The van der Waals surface area contributed by atoms with Gasteiger partial charge in [-0.05, 0) is 103 Å². The van der Waals surface area contributed by atoms with Crippen molar-refractivity contribution in [3.8, 4) is 28.7 Å². The summed E-state index contributed by atoms with van der Waals surface area (Å²) < 4.78 is 83.0. The number of hydrogen-bond donors (Lipinski definition) is 3. The van der Waals surface area contributed by atoms with E-state index < -0.39 is 101 Å². The van der Waals surface area contributed by atoms with Gasteiger partial charge in [0.25, 0.3) is 17.7 Å². The number of hydrogen-bond acceptors (Lipinski definition) is 21. The lowest BCUT2D eigenvalue weighted by Gasteiger charge is -2.45. The number of phenolic OH excluding ortho intramolecular Hbond substituents is 1. The van der Waals surface area contributed by atoms with E-state index in [1.165, 1.54) is 90.9 Å². The number of nitrogens with one attached hydrogen (secondary N) is 1. The first-order chi connectivity index (χ1) is 40.6. The van der Waals surface area contributed by atoms with Gasteiger partial charge in [0.15, 0.2) is 29.6 Å². The van der Waals surface area contributed by atoms with Crippen molar-refractivity contribution in [3.05, 3.63) is 124 Å². The molecule has 8 rings (SSSR count). The number of ketones is 1. The van der Waals surface area contributed by atoms with Crippen molar-refractivity contribution in [2.45, 2.75) is 70.9 Å². The lowest BCUT2D eigenvalue weighted by atomic mass is 9.85. The zero-order chi connectivity index (χ0) is 61.3. The van der Waals surface area contributed by atoms with Crippen LogP contribution in [0.25, 0.3) is 26.9 Å². The molecule has 0 radical (unpaired) electrons. The molecule has 29 heteroatoms. The number of aromatic hydroxyl groups is 1. The van der Waals surface area contributed by atoms with Gasteiger partial charge in [0.1, 0.15) is 47.4 Å². The van der Waals surface area contributed by atoms with E-state index in [1.54, 1.807) is 30.5 Å². The zero-order valence-corrected chi connectivity index (χ0v) is 48.2. The molecule has 2 aromatic heterocycles. The van der Waals surface area contributed by atoms with Crippen LogP contribution < -0.4 is 28.1 Å². The summed E-state index contributed by atoms with van der Waals surface area (Å²) in [6.07, 6.45) is -4.90. The minimum atomic E-state index is -5.39. The average molecular weight is 1220 g/mol. The first-order valence-corrected chi connectivity index (χ1v) is 28.1. The van der Waals surface area contributed by atoms with Crippen LogP contribution in [0.2, 0.25) is 0 Å². The van der Waals surface area contributed by atoms with Crippen LogP contribution in [0, 0.1) is 5.92 Å². The van der Waals surface area contributed by atoms with Crippen LogP contribution in [0.15, 0.2) is 96.4 Å². The molecule has 1 unspecified atom stereocenters. The first-order valence-electron chi connectivity index (χ1n) is 26.3. The monoisotopic (exact) mass is 1210 g/mol. The number of imidazole rings is 1. The van der Waals surface area contributed by atoms with Gasteiger partial charge in [0.05, 0.1) is 31.7 Å². The van der Waals surface area contributed by atoms with Crippen LogP contribution >= 0.6 is 11.6 Å². The fraction of sp³-hybridized carbons (Fsp3) is 0.375. The Bertz CT molecular complexity index is 3670. The maximum Gasteiger partial charge on any atom is 0.501 e. The molecule has 2 aliphatic rings. The maximum absolute atomic E-state index is 14.7. The highest BCUT2D eigenvalue weighted by atomic mass is 35.5. The third-order valence-corrected chi connectivity index (χ3v) is 14.6. The Morgan fingerprint density at radius 2 is 1.66 bits per heavy atom. The van der Waals surface area contributed by atoms with Crippen LogP contribution in [0.1, 0.15) is 76.8 Å². The number of halogens is 1. The van der Waals surface area contributed by atoms with Gasteiger partial charge in [0.2, 0.25) is 6.29 Å². The number of ether oxygens (including phenoxy) is 7. The van der Waals surface area contributed by atoms with E-state index in [0.717, 1.165) is 26.0 Å². The number of aliphatic hydroxyl groups is 1. The van der Waals surface area contributed by atoms with Crippen LogP contribution in [0.3, 0.4) is 0 Å². The maximum atomic E-state index is 14.7. The summed E-state index contributed by atoms with van der Waals surface area (Å²) in [5.74, 6) is -6.40. The molecular weight excluding hydrogens is 1160 g/mol. The SMILES string of the molecule is COc1ccc2c(OS(=O)(=O)Oc3cc(C(=O)N(C)CCOCCN=[N+]=[N-])ccc3O[C@@H]3O[C@H](COC(C)=O)[C@H](CC(C)=O)[C@H](OC(C)=O)[C@@H]3OC(C)O)cc3c(c2c1)[C@H](CCl)CN3C(=O)c1cn2cc(NC(=O)c3ccc(O)cc3)ccc2n1. The van der Waals surface area contributed by atoms with E-state index >= 15 is 0 Å². The van der Waals surface area contributed by atoms with Crippen LogP contribution in [-0.2, 0) is 48.5 Å². The van der Waals surface area contributed by atoms with Gasteiger partial charge in [-0.2, -0.15) is 0 Å². The van der Waals surface area contributed by atoms with E-state index in [0.29, 0.717) is 28.0 Å². The number of benzene rings is 4. The van der Waals surface area contributed by atoms with Gasteiger partial charge in [-0.15, -0.1) is 20.0 Å². The van der Waals surface area contributed by atoms with Crippen molar-refractivity contribution >= 4 is 85.2 Å². The molecule has 3 N–H and O–H groups in total. The van der Waals surface area contributed by atoms with Crippen molar-refractivity contribution in [3.63, 3.8) is 0 Å². The summed E-state index contributed by atoms with van der Waals surface area (Å²) >= 11 is 6.62. The van der Waals surface area contributed by atoms with E-state index in [1.807, 2.05) is 0 Å². The number of methoxy groups -OCH3 is 1. The minimum Gasteiger partial charge on any atom is -0.508 e. The van der Waals surface area contributed by atoms with Gasteiger partial charge < -0.3 is 76.0 Å². The second-order valence-electron chi connectivity index (χ2n) is 19.6. The molecule has 1 saturated heterocycles. The number of pyridine rings is 1. The largest absolute Gasteiger partial charge is 0.508 e. The number of phenols is 1. The van der Waals surface area contributed by atoms with Crippen LogP contribution in [0.4, 0.5) is 11.4 Å². The Balaban J connectivity index is 1.16. The quantitative estimate of drug-likeness (QED) is 0.0105. The number of carbonyl (C=O) groups is 6. The van der Waals surface area contributed by atoms with Crippen molar-refractivity contribution < 1.29 is 88.9 Å². The molecule has 85 heavy (non-hydrogen) atoms. The van der Waals surface area contributed by atoms with E-state index in [2.05, 4.69) is 20.3 Å². The van der Waals surface area contributed by atoms with E-state index in [4.69, 9.17) is 58.7 Å². The summed E-state index contributed by atoms with van der Waals surface area (Å²) in [4.78, 5) is 89.0. The van der Waals surface area contributed by atoms with Gasteiger partial charge in [-0.1, -0.05) is 5.11 Å². The smallest absolute Gasteiger partial charge is 0.501 e. The molecule has 0 saturated carbocycles. The highest BCUT2D eigenvalue weighted by molar-refractivity contribution is 7.82. The predicted molar refractivity (Wildman–Crippen MR) is 302 cm³/mol. The van der Waals surface area contributed by atoms with Gasteiger partial charge in [0, 0.05) is 105 Å². The predicted octanol–water partition coefficient (Wildman–Crippen LogP) is 6.46. The number of esters is 2. The number of fused-ring (bicyclic) bond motifs is 4. The van der Waals surface area contributed by atoms with Gasteiger partial charge >= 0.3 is 22.3 Å². The minimum absolute atomic E-state index is 0.00869. The highest BCUT2D eigenvalue weighted by Crippen LogP contribution is 2.48. The Labute approximate surface area is 491 Å². The number of anilines is 2. The summed E-state index contributed by atoms with van der Waals surface area (Å²) in [7, 11) is -2.51. The number of Topliss-reactive ketones (excluding diaryl/α,β-unsaturated/α-hetero) is 1. The van der Waals surface area contributed by atoms with Gasteiger partial charge in [-0.25, -0.2) is 4.98 Å². The molecule has 0 aliphatic carbocycles. The molecule has 4 heterocycles. The lowest BCUT2D eigenvalue weighted by Crippen LogP contribution is -2.60. The molecule has 0 spiro atoms. The number of azide groups is 1. The van der Waals surface area contributed by atoms with Crippen molar-refractivity contribution in [1.29, 1.82) is 0 Å². The first kappa shape index (κ1) is 62.3. The standard InChI is InChI=1S/C56H59ClN8O19S/c1-30(66)21-42-48(29-78-31(2)67)82-56(52(80-33(4)69)51(42)79-32(3)68)81-45-15-9-35(54(72)63(5)18-20-77-19-17-59-62-58)22-47(45)84-85(74,75)83-46-24-44-50(41-23-39(76-6)13-14-40(41)46)36(25-57)26-65(44)55(73)43-28-64-27-37(10-16-49(64)61-43)60-53(71)34-7-11-38(70)12-8-34/h7-16,22-24,27-28,33,36,42,48,51-52,56,69-70H,17-21,25-26,29H2,1-6H3,(H,60,71)/t33?,36-,42+,48-,51+,52+,56-/m1/s1. The van der Waals surface area contributed by atoms with E-state index in [-0.39, 0.29) is 90.3 Å². The highest BCUT2D eigenvalue weighted by Gasteiger charge is 2.51. The third kappa shape index (κ3) is 15.1. The Morgan fingerprint density at radius 3 is 2.34 bits per heavy atom. The molecule has 450 valence electrons.